The monoisotopic (exact) mass is 506 g/mol. The lowest BCUT2D eigenvalue weighted by atomic mass is 9.44. The molecule has 0 amide bonds. The van der Waals surface area contributed by atoms with Gasteiger partial charge in [0.25, 0.3) is 0 Å². The summed E-state index contributed by atoms with van der Waals surface area (Å²) in [5.41, 5.74) is 8.56. The summed E-state index contributed by atoms with van der Waals surface area (Å²) in [6.45, 7) is 4.87. The Morgan fingerprint density at radius 3 is 2.37 bits per heavy atom. The van der Waals surface area contributed by atoms with E-state index in [0.717, 1.165) is 49.7 Å². The van der Waals surface area contributed by atoms with Crippen LogP contribution in [0.3, 0.4) is 0 Å². The highest BCUT2D eigenvalue weighted by atomic mass is 16.3. The van der Waals surface area contributed by atoms with Gasteiger partial charge in [-0.1, -0.05) is 91.8 Å². The summed E-state index contributed by atoms with van der Waals surface area (Å²) >= 11 is 0. The first-order chi connectivity index (χ1) is 18.4. The van der Waals surface area contributed by atoms with Crippen LogP contribution in [0.1, 0.15) is 71.6 Å². The highest BCUT2D eigenvalue weighted by Gasteiger charge is 2.66. The average molecular weight is 507 g/mol. The summed E-state index contributed by atoms with van der Waals surface area (Å²) in [6, 6.07) is 0. The van der Waals surface area contributed by atoms with Gasteiger partial charge in [-0.25, -0.2) is 0 Å². The van der Waals surface area contributed by atoms with Gasteiger partial charge in [0.2, 0.25) is 0 Å². The molecule has 0 spiro atoms. The van der Waals surface area contributed by atoms with E-state index in [4.69, 9.17) is 0 Å². The average Bonchev–Trinajstić information content (AvgIpc) is 3.72. The molecule has 0 saturated heterocycles. The predicted molar refractivity (Wildman–Crippen MR) is 155 cm³/mol. The fourth-order valence-corrected chi connectivity index (χ4v) is 9.97. The lowest BCUT2D eigenvalue weighted by Gasteiger charge is -2.61. The number of fused-ring (bicyclic) bond motifs is 5. The van der Waals surface area contributed by atoms with Gasteiger partial charge in [0.1, 0.15) is 0 Å². The number of aliphatic hydroxyl groups is 2. The van der Waals surface area contributed by atoms with Gasteiger partial charge in [-0.05, 0) is 109 Å². The van der Waals surface area contributed by atoms with E-state index in [1.165, 1.54) is 30.4 Å². The van der Waals surface area contributed by atoms with Crippen LogP contribution in [-0.2, 0) is 0 Å². The molecule has 198 valence electrons. The Labute approximate surface area is 228 Å². The topological polar surface area (TPSA) is 40.5 Å². The molecule has 0 aromatic heterocycles. The molecule has 0 aromatic rings. The third-order valence-corrected chi connectivity index (χ3v) is 11.9. The zero-order chi connectivity index (χ0) is 26.1. The van der Waals surface area contributed by atoms with Crippen LogP contribution in [0.5, 0.6) is 0 Å². The molecule has 38 heavy (non-hydrogen) atoms. The Morgan fingerprint density at radius 2 is 1.66 bits per heavy atom. The Morgan fingerprint density at radius 1 is 0.895 bits per heavy atom. The van der Waals surface area contributed by atoms with Gasteiger partial charge in [0.15, 0.2) is 0 Å². The second-order valence-corrected chi connectivity index (χ2v) is 13.4. The first-order valence-corrected chi connectivity index (χ1v) is 15.0. The van der Waals surface area contributed by atoms with E-state index in [-0.39, 0.29) is 17.4 Å². The summed E-state index contributed by atoms with van der Waals surface area (Å²) in [6.07, 6.45) is 34.1. The van der Waals surface area contributed by atoms with E-state index in [1.807, 2.05) is 12.2 Å². The molecule has 6 atom stereocenters. The van der Waals surface area contributed by atoms with Gasteiger partial charge in [-0.15, -0.1) is 0 Å². The fraction of sp³-hybridized carbons (Fsp3) is 0.500. The molecule has 3 fully saturated rings. The van der Waals surface area contributed by atoms with E-state index >= 15 is 0 Å². The highest BCUT2D eigenvalue weighted by Crippen LogP contribution is 2.71. The van der Waals surface area contributed by atoms with Crippen molar-refractivity contribution < 1.29 is 10.2 Å². The minimum absolute atomic E-state index is 0.0757. The second-order valence-electron chi connectivity index (χ2n) is 13.4. The lowest BCUT2D eigenvalue weighted by Crippen LogP contribution is -2.56. The molecule has 0 bridgehead atoms. The van der Waals surface area contributed by atoms with Gasteiger partial charge in [0, 0.05) is 5.41 Å². The first-order valence-electron chi connectivity index (χ1n) is 15.0. The van der Waals surface area contributed by atoms with E-state index in [9.17, 15) is 10.2 Å². The van der Waals surface area contributed by atoms with Crippen LogP contribution in [0.25, 0.3) is 0 Å². The van der Waals surface area contributed by atoms with Gasteiger partial charge in [0.05, 0.1) is 12.2 Å². The normalized spacial score (nSPS) is 42.7. The maximum atomic E-state index is 12.6. The summed E-state index contributed by atoms with van der Waals surface area (Å²) in [5, 5.41) is 23.2. The standard InChI is InChI=1S/C36H42O2/c1-34-19-17-27(24-9-3-4-10-24)21-28(34)15-16-29-31-18-20-36(38,32(23-37)26-13-7-8-14-26)35(31,2)22-30(33(29)34)25-11-5-6-12-25/h3-5,7-11,13-14,21,29,31,33,37-38H,6,12,15-20,22-23H2,1-2H3/b30-25-. The summed E-state index contributed by atoms with van der Waals surface area (Å²) in [4.78, 5) is 0. The zero-order valence-corrected chi connectivity index (χ0v) is 23.0. The van der Waals surface area contributed by atoms with Gasteiger partial charge in [-0.2, -0.15) is 0 Å². The minimum atomic E-state index is -0.970. The molecular weight excluding hydrogens is 464 g/mol. The summed E-state index contributed by atoms with van der Waals surface area (Å²) < 4.78 is 0. The number of hydrogen-bond donors (Lipinski definition) is 2. The smallest absolute Gasteiger partial charge is 0.0946 e. The SMILES string of the molecule is CC12CCC(=C3C=CC=C3)C=C1CCC1C2/C(=C2/C=CCC2)CC2(C)C1CCC2(O)C(CO)=C1C=CC=C1. The predicted octanol–water partition coefficient (Wildman–Crippen LogP) is 7.77. The van der Waals surface area contributed by atoms with Crippen molar-refractivity contribution in [3.05, 3.63) is 106 Å². The Kier molecular flexibility index (Phi) is 5.70. The van der Waals surface area contributed by atoms with Crippen LogP contribution in [0, 0.1) is 28.6 Å². The number of hydrogen-bond acceptors (Lipinski definition) is 2. The molecule has 2 heteroatoms. The molecule has 0 radical (unpaired) electrons. The van der Waals surface area contributed by atoms with E-state index in [2.05, 4.69) is 68.5 Å². The quantitative estimate of drug-likeness (QED) is 0.401. The molecule has 6 unspecified atom stereocenters. The molecule has 2 N–H and O–H groups in total. The second kappa shape index (κ2) is 8.80. The number of aliphatic hydroxyl groups excluding tert-OH is 1. The Balaban J connectivity index is 1.35. The molecular formula is C36H42O2. The van der Waals surface area contributed by atoms with Crippen LogP contribution in [-0.4, -0.2) is 22.4 Å². The van der Waals surface area contributed by atoms with Crippen molar-refractivity contribution >= 4 is 0 Å². The first kappa shape index (κ1) is 24.6. The van der Waals surface area contributed by atoms with Crippen LogP contribution in [0.15, 0.2) is 106 Å². The van der Waals surface area contributed by atoms with Gasteiger partial charge >= 0.3 is 0 Å². The Bertz CT molecular complexity index is 1310. The molecule has 7 rings (SSSR count). The van der Waals surface area contributed by atoms with Crippen molar-refractivity contribution in [1.29, 1.82) is 0 Å². The van der Waals surface area contributed by atoms with Gasteiger partial charge in [-0.3, -0.25) is 0 Å². The number of rotatable bonds is 2. The van der Waals surface area contributed by atoms with E-state index in [0.29, 0.717) is 17.8 Å². The molecule has 0 aromatic carbocycles. The maximum Gasteiger partial charge on any atom is 0.0946 e. The van der Waals surface area contributed by atoms with Crippen molar-refractivity contribution in [2.75, 3.05) is 6.61 Å². The molecule has 2 nitrogen and oxygen atoms in total. The molecule has 3 saturated carbocycles. The van der Waals surface area contributed by atoms with Crippen LogP contribution < -0.4 is 0 Å². The fourth-order valence-electron chi connectivity index (χ4n) is 9.97. The highest BCUT2D eigenvalue weighted by molar-refractivity contribution is 5.52. The Hall–Kier alpha value is -2.42. The van der Waals surface area contributed by atoms with Crippen molar-refractivity contribution in [2.45, 2.75) is 77.2 Å². The van der Waals surface area contributed by atoms with Crippen LogP contribution >= 0.6 is 0 Å². The molecule has 7 aliphatic rings. The van der Waals surface area contributed by atoms with E-state index < -0.39 is 5.60 Å². The molecule has 0 heterocycles. The molecule has 0 aliphatic heterocycles. The van der Waals surface area contributed by atoms with Crippen molar-refractivity contribution in [3.8, 4) is 0 Å². The third-order valence-electron chi connectivity index (χ3n) is 11.9. The largest absolute Gasteiger partial charge is 0.392 e. The van der Waals surface area contributed by atoms with E-state index in [1.54, 1.807) is 16.7 Å². The molecule has 7 aliphatic carbocycles. The zero-order valence-electron chi connectivity index (χ0n) is 23.0. The summed E-state index contributed by atoms with van der Waals surface area (Å²) in [7, 11) is 0. The van der Waals surface area contributed by atoms with Crippen molar-refractivity contribution in [1.82, 2.24) is 0 Å². The van der Waals surface area contributed by atoms with Crippen LogP contribution in [0.2, 0.25) is 0 Å². The maximum absolute atomic E-state index is 12.6. The lowest BCUT2D eigenvalue weighted by molar-refractivity contribution is -0.0903. The van der Waals surface area contributed by atoms with Crippen LogP contribution in [0.4, 0.5) is 0 Å². The minimum Gasteiger partial charge on any atom is -0.392 e. The summed E-state index contributed by atoms with van der Waals surface area (Å²) in [5.74, 6) is 1.61. The number of allylic oxidation sites excluding steroid dienone is 17. The van der Waals surface area contributed by atoms with Crippen molar-refractivity contribution in [2.24, 2.45) is 28.6 Å². The van der Waals surface area contributed by atoms with Crippen molar-refractivity contribution in [3.63, 3.8) is 0 Å². The van der Waals surface area contributed by atoms with Gasteiger partial charge < -0.3 is 10.2 Å². The third kappa shape index (κ3) is 3.32.